The van der Waals surface area contributed by atoms with E-state index in [9.17, 15) is 4.39 Å². The second-order valence-electron chi connectivity index (χ2n) is 3.44. The Morgan fingerprint density at radius 2 is 2.06 bits per heavy atom. The lowest BCUT2D eigenvalue weighted by Gasteiger charge is -2.07. The molecule has 2 rings (SSSR count). The van der Waals surface area contributed by atoms with Gasteiger partial charge in [0.05, 0.1) is 10.7 Å². The number of hydrogen-bond donors (Lipinski definition) is 1. The van der Waals surface area contributed by atoms with Crippen LogP contribution in [0, 0.1) is 5.82 Å². The van der Waals surface area contributed by atoms with E-state index in [1.807, 2.05) is 6.07 Å². The lowest BCUT2D eigenvalue weighted by Crippen LogP contribution is -2.00. The van der Waals surface area contributed by atoms with Crippen molar-refractivity contribution in [3.8, 4) is 0 Å². The van der Waals surface area contributed by atoms with Crippen LogP contribution in [0.1, 0.15) is 5.56 Å². The molecule has 0 bridgehead atoms. The van der Waals surface area contributed by atoms with E-state index in [-0.39, 0.29) is 5.02 Å². The van der Waals surface area contributed by atoms with Crippen molar-refractivity contribution in [2.75, 3.05) is 5.32 Å². The van der Waals surface area contributed by atoms with Crippen molar-refractivity contribution in [3.63, 3.8) is 0 Å². The standard InChI is InChI=1S/C12H9Cl2FN2/c13-9-4-3-8(6-10(9)15)7-17-11-2-1-5-16-12(11)14/h1-6,17H,7H2. The summed E-state index contributed by atoms with van der Waals surface area (Å²) in [7, 11) is 0. The molecule has 0 fully saturated rings. The SMILES string of the molecule is Fc1cc(CNc2cccnc2Cl)ccc1Cl. The summed E-state index contributed by atoms with van der Waals surface area (Å²) < 4.78 is 13.2. The summed E-state index contributed by atoms with van der Waals surface area (Å²) in [5.74, 6) is -0.428. The molecule has 1 heterocycles. The Morgan fingerprint density at radius 1 is 1.24 bits per heavy atom. The zero-order chi connectivity index (χ0) is 12.3. The van der Waals surface area contributed by atoms with Gasteiger partial charge < -0.3 is 5.32 Å². The summed E-state index contributed by atoms with van der Waals surface area (Å²) in [6.45, 7) is 0.458. The first-order chi connectivity index (χ1) is 8.16. The number of aromatic nitrogens is 1. The number of hydrogen-bond acceptors (Lipinski definition) is 2. The molecule has 1 aromatic carbocycles. The molecule has 0 saturated heterocycles. The van der Waals surface area contributed by atoms with Crippen LogP contribution in [0.4, 0.5) is 10.1 Å². The predicted molar refractivity (Wildman–Crippen MR) is 68.0 cm³/mol. The smallest absolute Gasteiger partial charge is 0.152 e. The number of nitrogens with one attached hydrogen (secondary N) is 1. The highest BCUT2D eigenvalue weighted by atomic mass is 35.5. The number of nitrogens with zero attached hydrogens (tertiary/aromatic N) is 1. The van der Waals surface area contributed by atoms with Gasteiger partial charge in [-0.25, -0.2) is 9.37 Å². The molecule has 0 amide bonds. The van der Waals surface area contributed by atoms with Crippen LogP contribution in [0.15, 0.2) is 36.5 Å². The molecular formula is C12H9Cl2FN2. The summed E-state index contributed by atoms with van der Waals surface area (Å²) in [5.41, 5.74) is 1.50. The van der Waals surface area contributed by atoms with Gasteiger partial charge in [0, 0.05) is 12.7 Å². The molecule has 0 saturated carbocycles. The summed E-state index contributed by atoms with van der Waals surface area (Å²) in [4.78, 5) is 3.93. The number of pyridine rings is 1. The molecule has 0 aliphatic rings. The van der Waals surface area contributed by atoms with Gasteiger partial charge in [-0.1, -0.05) is 29.3 Å². The van der Waals surface area contributed by atoms with Crippen LogP contribution in [0.3, 0.4) is 0 Å². The molecule has 0 atom stereocenters. The maximum atomic E-state index is 13.2. The van der Waals surface area contributed by atoms with Crippen molar-refractivity contribution in [3.05, 3.63) is 58.1 Å². The number of benzene rings is 1. The Labute approximate surface area is 108 Å². The highest BCUT2D eigenvalue weighted by Gasteiger charge is 2.02. The van der Waals surface area contributed by atoms with Crippen molar-refractivity contribution >= 4 is 28.9 Å². The highest BCUT2D eigenvalue weighted by Crippen LogP contribution is 2.20. The third-order valence-electron chi connectivity index (χ3n) is 2.23. The summed E-state index contributed by atoms with van der Waals surface area (Å²) in [6.07, 6.45) is 1.61. The number of rotatable bonds is 3. The fourth-order valence-electron chi connectivity index (χ4n) is 1.36. The molecule has 1 aromatic heterocycles. The Bertz CT molecular complexity index is 532. The van der Waals surface area contributed by atoms with E-state index in [1.54, 1.807) is 18.3 Å². The topological polar surface area (TPSA) is 24.9 Å². The van der Waals surface area contributed by atoms with Crippen LogP contribution in [-0.4, -0.2) is 4.98 Å². The molecule has 88 valence electrons. The normalized spacial score (nSPS) is 10.3. The summed E-state index contributed by atoms with van der Waals surface area (Å²) >= 11 is 11.5. The third-order valence-corrected chi connectivity index (χ3v) is 2.83. The van der Waals surface area contributed by atoms with Crippen LogP contribution in [-0.2, 0) is 6.54 Å². The minimum Gasteiger partial charge on any atom is -0.378 e. The first kappa shape index (κ1) is 12.1. The van der Waals surface area contributed by atoms with E-state index in [2.05, 4.69) is 10.3 Å². The molecule has 0 spiro atoms. The monoisotopic (exact) mass is 270 g/mol. The molecular weight excluding hydrogens is 262 g/mol. The average Bonchev–Trinajstić information content (AvgIpc) is 2.32. The van der Waals surface area contributed by atoms with Crippen molar-refractivity contribution in [1.29, 1.82) is 0 Å². The van der Waals surface area contributed by atoms with Gasteiger partial charge in [-0.05, 0) is 29.8 Å². The van der Waals surface area contributed by atoms with Crippen molar-refractivity contribution in [2.24, 2.45) is 0 Å². The molecule has 0 unspecified atom stereocenters. The first-order valence-corrected chi connectivity index (χ1v) is 5.71. The Morgan fingerprint density at radius 3 is 2.76 bits per heavy atom. The largest absolute Gasteiger partial charge is 0.378 e. The minimum atomic E-state index is -0.428. The van der Waals surface area contributed by atoms with E-state index in [0.717, 1.165) is 5.56 Å². The van der Waals surface area contributed by atoms with Gasteiger partial charge in [-0.15, -0.1) is 0 Å². The van der Waals surface area contributed by atoms with Gasteiger partial charge >= 0.3 is 0 Å². The van der Waals surface area contributed by atoms with Gasteiger partial charge in [0.25, 0.3) is 0 Å². The Balaban J connectivity index is 2.08. The molecule has 0 radical (unpaired) electrons. The second-order valence-corrected chi connectivity index (χ2v) is 4.21. The molecule has 17 heavy (non-hydrogen) atoms. The maximum Gasteiger partial charge on any atom is 0.152 e. The van der Waals surface area contributed by atoms with Gasteiger partial charge in [-0.2, -0.15) is 0 Å². The van der Waals surface area contributed by atoms with Crippen molar-refractivity contribution in [1.82, 2.24) is 4.98 Å². The van der Waals surface area contributed by atoms with E-state index in [0.29, 0.717) is 17.4 Å². The van der Waals surface area contributed by atoms with Crippen LogP contribution in [0.5, 0.6) is 0 Å². The number of anilines is 1. The zero-order valence-electron chi connectivity index (χ0n) is 8.75. The summed E-state index contributed by atoms with van der Waals surface area (Å²) in [6, 6.07) is 8.25. The molecule has 5 heteroatoms. The lowest BCUT2D eigenvalue weighted by atomic mass is 10.2. The second kappa shape index (κ2) is 5.34. The van der Waals surface area contributed by atoms with Crippen LogP contribution < -0.4 is 5.32 Å². The van der Waals surface area contributed by atoms with Gasteiger partial charge in [0.15, 0.2) is 5.15 Å². The predicted octanol–water partition coefficient (Wildman–Crippen LogP) is 4.14. The third kappa shape index (κ3) is 3.08. The Kier molecular flexibility index (Phi) is 3.82. The van der Waals surface area contributed by atoms with Gasteiger partial charge in [-0.3, -0.25) is 0 Å². The highest BCUT2D eigenvalue weighted by molar-refractivity contribution is 6.32. The van der Waals surface area contributed by atoms with E-state index in [1.165, 1.54) is 12.1 Å². The fraction of sp³-hybridized carbons (Fsp3) is 0.0833. The van der Waals surface area contributed by atoms with Gasteiger partial charge in [0.1, 0.15) is 5.82 Å². The lowest BCUT2D eigenvalue weighted by molar-refractivity contribution is 0.626. The molecule has 1 N–H and O–H groups in total. The van der Waals surface area contributed by atoms with E-state index < -0.39 is 5.82 Å². The number of halogens is 3. The molecule has 0 aliphatic carbocycles. The van der Waals surface area contributed by atoms with Crippen LogP contribution in [0.2, 0.25) is 10.2 Å². The van der Waals surface area contributed by atoms with Crippen LogP contribution in [0.25, 0.3) is 0 Å². The first-order valence-electron chi connectivity index (χ1n) is 4.95. The minimum absolute atomic E-state index is 0.119. The van der Waals surface area contributed by atoms with Crippen molar-refractivity contribution in [2.45, 2.75) is 6.54 Å². The molecule has 0 aliphatic heterocycles. The molecule has 2 aromatic rings. The average molecular weight is 271 g/mol. The molecule has 2 nitrogen and oxygen atoms in total. The van der Waals surface area contributed by atoms with Gasteiger partial charge in [0.2, 0.25) is 0 Å². The van der Waals surface area contributed by atoms with Crippen LogP contribution >= 0.6 is 23.2 Å². The van der Waals surface area contributed by atoms with E-state index >= 15 is 0 Å². The zero-order valence-corrected chi connectivity index (χ0v) is 10.3. The fourth-order valence-corrected chi connectivity index (χ4v) is 1.67. The summed E-state index contributed by atoms with van der Waals surface area (Å²) in [5, 5.41) is 3.58. The Hall–Kier alpha value is -1.32. The quantitative estimate of drug-likeness (QED) is 0.848. The van der Waals surface area contributed by atoms with E-state index in [4.69, 9.17) is 23.2 Å². The van der Waals surface area contributed by atoms with Crippen molar-refractivity contribution < 1.29 is 4.39 Å². The maximum absolute atomic E-state index is 13.2.